The lowest BCUT2D eigenvalue weighted by atomic mass is 9.82. The van der Waals surface area contributed by atoms with Crippen molar-refractivity contribution in [2.45, 2.75) is 38.5 Å². The zero-order chi connectivity index (χ0) is 15.1. The number of aryl methyl sites for hydroxylation is 1. The number of carbonyl (C=O) groups is 2. The van der Waals surface area contributed by atoms with Crippen LogP contribution in [0.3, 0.4) is 0 Å². The molecule has 0 bridgehead atoms. The number of fused-ring (bicyclic) bond motifs is 1. The third kappa shape index (κ3) is 1.99. The van der Waals surface area contributed by atoms with Crippen molar-refractivity contribution >= 4 is 11.8 Å². The Morgan fingerprint density at radius 1 is 1.40 bits per heavy atom. The average Bonchev–Trinajstić information content (AvgIpc) is 2.36. The van der Waals surface area contributed by atoms with Gasteiger partial charge in [0.25, 0.3) is 5.60 Å². The van der Waals surface area contributed by atoms with Crippen molar-refractivity contribution in [1.82, 2.24) is 0 Å². The number of benzene rings is 1. The highest BCUT2D eigenvalue weighted by Crippen LogP contribution is 2.42. The van der Waals surface area contributed by atoms with Gasteiger partial charge >= 0.3 is 12.1 Å². The number of cyclic esters (lactones) is 1. The molecular formula is C14H13F3O3. The van der Waals surface area contributed by atoms with Crippen molar-refractivity contribution < 1.29 is 27.5 Å². The topological polar surface area (TPSA) is 43.4 Å². The summed E-state index contributed by atoms with van der Waals surface area (Å²) in [7, 11) is 0. The number of ketones is 1. The molecule has 0 amide bonds. The van der Waals surface area contributed by atoms with Gasteiger partial charge in [0.05, 0.1) is 5.56 Å². The third-order valence-electron chi connectivity index (χ3n) is 3.59. The summed E-state index contributed by atoms with van der Waals surface area (Å²) in [6.07, 6.45) is -5.12. The summed E-state index contributed by atoms with van der Waals surface area (Å²) < 4.78 is 44.3. The quantitative estimate of drug-likeness (QED) is 0.785. The van der Waals surface area contributed by atoms with Gasteiger partial charge < -0.3 is 4.74 Å². The van der Waals surface area contributed by atoms with Crippen LogP contribution >= 0.6 is 0 Å². The molecule has 1 aromatic rings. The van der Waals surface area contributed by atoms with Gasteiger partial charge in [-0.05, 0) is 30.5 Å². The molecule has 1 aliphatic heterocycles. The van der Waals surface area contributed by atoms with Gasteiger partial charge in [-0.25, -0.2) is 4.79 Å². The fraction of sp³-hybridized carbons (Fsp3) is 0.429. The van der Waals surface area contributed by atoms with Crippen LogP contribution in [0.5, 0.6) is 0 Å². The molecule has 1 aromatic carbocycles. The molecule has 1 unspecified atom stereocenters. The summed E-state index contributed by atoms with van der Waals surface area (Å²) in [5, 5.41) is 0. The van der Waals surface area contributed by atoms with Crippen molar-refractivity contribution in [1.29, 1.82) is 0 Å². The molecular weight excluding hydrogens is 273 g/mol. The van der Waals surface area contributed by atoms with Gasteiger partial charge in [-0.2, -0.15) is 13.2 Å². The first-order valence-corrected chi connectivity index (χ1v) is 6.15. The Kier molecular flexibility index (Phi) is 3.36. The first-order chi connectivity index (χ1) is 9.23. The molecule has 0 N–H and O–H groups in total. The summed E-state index contributed by atoms with van der Waals surface area (Å²) in [5.41, 5.74) is -2.10. The highest BCUT2D eigenvalue weighted by atomic mass is 19.4. The number of halogens is 3. The van der Waals surface area contributed by atoms with Crippen molar-refractivity contribution in [3.05, 3.63) is 34.9 Å². The number of rotatable bonds is 2. The summed E-state index contributed by atoms with van der Waals surface area (Å²) in [6, 6.07) is 4.66. The number of hydrogen-bond acceptors (Lipinski definition) is 3. The highest BCUT2D eigenvalue weighted by Gasteiger charge is 2.64. The van der Waals surface area contributed by atoms with Crippen LogP contribution in [0.1, 0.15) is 35.3 Å². The normalized spacial score (nSPS) is 22.1. The van der Waals surface area contributed by atoms with E-state index in [-0.39, 0.29) is 11.1 Å². The fourth-order valence-corrected chi connectivity index (χ4v) is 2.42. The smallest absolute Gasteiger partial charge is 0.436 e. The lowest BCUT2D eigenvalue weighted by Crippen LogP contribution is -2.58. The van der Waals surface area contributed by atoms with Crippen LogP contribution < -0.4 is 0 Å². The number of carbonyl (C=O) groups excluding carboxylic acids is 2. The van der Waals surface area contributed by atoms with Gasteiger partial charge in [0.1, 0.15) is 0 Å². The molecule has 3 nitrogen and oxygen atoms in total. The maximum atomic E-state index is 13.3. The monoisotopic (exact) mass is 286 g/mol. The summed E-state index contributed by atoms with van der Waals surface area (Å²) in [6.45, 7) is 2.57. The van der Waals surface area contributed by atoms with Crippen molar-refractivity contribution in [3.8, 4) is 0 Å². The lowest BCUT2D eigenvalue weighted by Gasteiger charge is -2.37. The van der Waals surface area contributed by atoms with Crippen molar-refractivity contribution in [2.24, 2.45) is 0 Å². The van der Waals surface area contributed by atoms with E-state index in [0.717, 1.165) is 6.92 Å². The van der Waals surface area contributed by atoms with Gasteiger partial charge in [0.15, 0.2) is 5.78 Å². The molecule has 1 heterocycles. The molecule has 20 heavy (non-hydrogen) atoms. The number of ether oxygens (including phenoxy) is 1. The summed E-state index contributed by atoms with van der Waals surface area (Å²) >= 11 is 0. The molecule has 0 spiro atoms. The number of esters is 1. The van der Waals surface area contributed by atoms with Crippen LogP contribution in [0, 0.1) is 0 Å². The molecule has 1 aliphatic rings. The molecule has 6 heteroatoms. The molecule has 0 radical (unpaired) electrons. The van der Waals surface area contributed by atoms with Crippen LogP contribution in [0.25, 0.3) is 0 Å². The fourth-order valence-electron chi connectivity index (χ4n) is 2.42. The Hall–Kier alpha value is -1.85. The van der Waals surface area contributed by atoms with E-state index >= 15 is 0 Å². The Morgan fingerprint density at radius 3 is 2.55 bits per heavy atom. The molecule has 0 aromatic heterocycles. The van der Waals surface area contributed by atoms with E-state index in [0.29, 0.717) is 12.0 Å². The first-order valence-electron chi connectivity index (χ1n) is 6.15. The van der Waals surface area contributed by atoms with E-state index in [1.54, 1.807) is 19.1 Å². The van der Waals surface area contributed by atoms with Gasteiger partial charge in [-0.1, -0.05) is 19.1 Å². The molecule has 0 saturated heterocycles. The second-order valence-corrected chi connectivity index (χ2v) is 4.74. The Bertz CT molecular complexity index is 578. The standard InChI is InChI=1S/C14H13F3O3/c1-3-9-5-4-6-10-11(9)7-13(8(2)18,14(15,16)17)20-12(10)19/h4-6H,3,7H2,1-2H3. The number of alkyl halides is 3. The SMILES string of the molecule is CCc1cccc2c1CC(C(C)=O)(C(F)(F)F)OC2=O. The van der Waals surface area contributed by atoms with Crippen LogP contribution in [-0.4, -0.2) is 23.5 Å². The van der Waals surface area contributed by atoms with Gasteiger partial charge in [-0.15, -0.1) is 0 Å². The predicted molar refractivity (Wildman–Crippen MR) is 64.4 cm³/mol. The van der Waals surface area contributed by atoms with E-state index < -0.39 is 30.0 Å². The largest absolute Gasteiger partial charge is 0.437 e. The molecule has 0 aliphatic carbocycles. The van der Waals surface area contributed by atoms with Gasteiger partial charge in [-0.3, -0.25) is 4.79 Å². The second kappa shape index (κ2) is 4.61. The minimum absolute atomic E-state index is 0.102. The van der Waals surface area contributed by atoms with E-state index in [1.807, 2.05) is 0 Å². The molecule has 108 valence electrons. The van der Waals surface area contributed by atoms with Crippen LogP contribution in [0.4, 0.5) is 13.2 Å². The Balaban J connectivity index is 2.64. The summed E-state index contributed by atoms with van der Waals surface area (Å²) in [4.78, 5) is 23.4. The van der Waals surface area contributed by atoms with E-state index in [9.17, 15) is 22.8 Å². The van der Waals surface area contributed by atoms with E-state index in [1.165, 1.54) is 6.07 Å². The number of hydrogen-bond donors (Lipinski definition) is 0. The highest BCUT2D eigenvalue weighted by molar-refractivity contribution is 5.98. The molecule has 1 atom stereocenters. The second-order valence-electron chi connectivity index (χ2n) is 4.74. The third-order valence-corrected chi connectivity index (χ3v) is 3.59. The number of Topliss-reactive ketones (excluding diaryl/α,β-unsaturated/α-hetero) is 1. The first kappa shape index (κ1) is 14.6. The lowest BCUT2D eigenvalue weighted by molar-refractivity contribution is -0.250. The molecule has 0 saturated carbocycles. The van der Waals surface area contributed by atoms with Crippen LogP contribution in [-0.2, 0) is 22.4 Å². The maximum absolute atomic E-state index is 13.3. The summed E-state index contributed by atoms with van der Waals surface area (Å²) in [5.74, 6) is -2.32. The van der Waals surface area contributed by atoms with E-state index in [4.69, 9.17) is 0 Å². The van der Waals surface area contributed by atoms with Crippen molar-refractivity contribution in [2.75, 3.05) is 0 Å². The van der Waals surface area contributed by atoms with Crippen LogP contribution in [0.15, 0.2) is 18.2 Å². The minimum atomic E-state index is -4.94. The zero-order valence-electron chi connectivity index (χ0n) is 11.0. The zero-order valence-corrected chi connectivity index (χ0v) is 11.0. The van der Waals surface area contributed by atoms with Crippen molar-refractivity contribution in [3.63, 3.8) is 0 Å². The minimum Gasteiger partial charge on any atom is -0.437 e. The molecule has 2 rings (SSSR count). The Morgan fingerprint density at radius 2 is 2.05 bits per heavy atom. The van der Waals surface area contributed by atoms with Gasteiger partial charge in [0.2, 0.25) is 0 Å². The maximum Gasteiger partial charge on any atom is 0.436 e. The average molecular weight is 286 g/mol. The molecule has 0 fully saturated rings. The van der Waals surface area contributed by atoms with Crippen LogP contribution in [0.2, 0.25) is 0 Å². The van der Waals surface area contributed by atoms with E-state index in [2.05, 4.69) is 4.74 Å². The van der Waals surface area contributed by atoms with Gasteiger partial charge in [0, 0.05) is 6.42 Å². The Labute approximate surface area is 113 Å². The predicted octanol–water partition coefficient (Wildman–Crippen LogP) is 2.85.